The predicted molar refractivity (Wildman–Crippen MR) is 366 cm³/mol. The second-order valence-corrected chi connectivity index (χ2v) is 23.8. The number of carbonyl (C=O) groups is 11. The minimum Gasteiger partial charge on any atom is -0.391 e. The number of benzene rings is 5. The second kappa shape index (κ2) is 39.3. The van der Waals surface area contributed by atoms with E-state index in [2.05, 4.69) is 58.5 Å². The van der Waals surface area contributed by atoms with Gasteiger partial charge in [0.25, 0.3) is 5.91 Å². The Morgan fingerprint density at radius 1 is 0.449 bits per heavy atom. The standard InChI is InChI=1S/C69H92N16O13/c1-40(86)57-68(97)75-36-30-54(80-61(90)51(27-33-72)81-69(98)58(41(2)87)85-64(93)52(28-34-73)76-59(88)48-20-12-19-47(39-48)45-17-10-5-11-18-45)63(92)77-50(26-32-71)62(91)82-55(37-42-13-6-3-7-14-42)67(96)83-56(38-43-21-23-46(24-22-43)44-15-8-4-9-16-44)66(95)79-49(25-31-70)60(89)78-53(29-35-74)65(94)84-57/h3-24,39-41,49-58,86-87H,25-38,70-74H2,1-2H3,(H,75,97)(H,76,88)(H,77,92)(H,78,89)(H,79,95)(H,80,90)(H,81,98)(H,82,91)(H,83,96)(H,84,94)(H,85,93)/t40-,41-,49+,50+,51+,52+,53+,54+,55-,56+,57+,58+/m1/s1. The zero-order valence-electron chi connectivity index (χ0n) is 54.9. The number of hydrogen-bond donors (Lipinski definition) is 18. The van der Waals surface area contributed by atoms with E-state index in [0.717, 1.165) is 22.3 Å². The molecule has 0 bridgehead atoms. The van der Waals surface area contributed by atoms with Gasteiger partial charge in [0.1, 0.15) is 60.4 Å². The highest BCUT2D eigenvalue weighted by molar-refractivity contribution is 6.01. The van der Waals surface area contributed by atoms with Crippen LogP contribution in [0, 0.1) is 0 Å². The summed E-state index contributed by atoms with van der Waals surface area (Å²) < 4.78 is 0. The lowest BCUT2D eigenvalue weighted by molar-refractivity contribution is -0.136. The van der Waals surface area contributed by atoms with Crippen LogP contribution in [0.4, 0.5) is 0 Å². The van der Waals surface area contributed by atoms with Crippen LogP contribution in [0.25, 0.3) is 22.3 Å². The van der Waals surface area contributed by atoms with Crippen molar-refractivity contribution in [2.45, 2.75) is 138 Å². The highest BCUT2D eigenvalue weighted by Crippen LogP contribution is 2.22. The van der Waals surface area contributed by atoms with Gasteiger partial charge in [-0.1, -0.05) is 127 Å². The molecule has 1 saturated heterocycles. The molecular formula is C69H92N16O13. The average Bonchev–Trinajstić information content (AvgIpc) is 1.01. The van der Waals surface area contributed by atoms with Crippen molar-refractivity contribution >= 4 is 65.0 Å². The molecule has 0 unspecified atom stereocenters. The second-order valence-electron chi connectivity index (χ2n) is 23.8. The molecule has 1 heterocycles. The summed E-state index contributed by atoms with van der Waals surface area (Å²) in [6.45, 7) is 1.01. The summed E-state index contributed by atoms with van der Waals surface area (Å²) >= 11 is 0. The molecule has 6 rings (SSSR count). The molecule has 526 valence electrons. The van der Waals surface area contributed by atoms with Crippen LogP contribution in [0.1, 0.15) is 73.9 Å². The third-order valence-corrected chi connectivity index (χ3v) is 16.2. The smallest absolute Gasteiger partial charge is 0.251 e. The highest BCUT2D eigenvalue weighted by Gasteiger charge is 2.38. The summed E-state index contributed by atoms with van der Waals surface area (Å²) in [5.74, 6) is -10.3. The number of nitrogens with two attached hydrogens (primary N) is 5. The van der Waals surface area contributed by atoms with E-state index in [9.17, 15) is 63.0 Å². The Balaban J connectivity index is 1.31. The Bertz CT molecular complexity index is 3480. The van der Waals surface area contributed by atoms with E-state index in [-0.39, 0.29) is 83.2 Å². The number of carbonyl (C=O) groups excluding carboxylic acids is 11. The molecule has 1 aliphatic heterocycles. The van der Waals surface area contributed by atoms with E-state index in [1.165, 1.54) is 13.8 Å². The molecule has 1 fully saturated rings. The summed E-state index contributed by atoms with van der Waals surface area (Å²) in [4.78, 5) is 158. The van der Waals surface area contributed by atoms with Crippen molar-refractivity contribution in [3.63, 3.8) is 0 Å². The van der Waals surface area contributed by atoms with Crippen molar-refractivity contribution in [1.82, 2.24) is 58.5 Å². The Hall–Kier alpha value is -10.0. The molecule has 11 amide bonds. The number of aliphatic hydroxyl groups excluding tert-OH is 2. The summed E-state index contributed by atoms with van der Waals surface area (Å²) in [7, 11) is 0. The maximum atomic E-state index is 14.9. The Morgan fingerprint density at radius 2 is 0.878 bits per heavy atom. The third kappa shape index (κ3) is 23.4. The van der Waals surface area contributed by atoms with Gasteiger partial charge in [-0.2, -0.15) is 0 Å². The van der Waals surface area contributed by atoms with E-state index >= 15 is 0 Å². The van der Waals surface area contributed by atoms with Crippen molar-refractivity contribution in [2.24, 2.45) is 28.7 Å². The number of nitrogens with one attached hydrogen (secondary N) is 11. The third-order valence-electron chi connectivity index (χ3n) is 16.2. The van der Waals surface area contributed by atoms with Gasteiger partial charge in [-0.25, -0.2) is 0 Å². The summed E-state index contributed by atoms with van der Waals surface area (Å²) in [5, 5.41) is 50.3. The fourth-order valence-electron chi connectivity index (χ4n) is 10.8. The van der Waals surface area contributed by atoms with Crippen LogP contribution in [-0.2, 0) is 60.8 Å². The number of rotatable bonds is 26. The lowest BCUT2D eigenvalue weighted by Crippen LogP contribution is -2.62. The first kappa shape index (κ1) is 77.0. The van der Waals surface area contributed by atoms with Gasteiger partial charge < -0.3 is 97.4 Å². The van der Waals surface area contributed by atoms with Gasteiger partial charge in [0.15, 0.2) is 0 Å². The van der Waals surface area contributed by atoms with Crippen LogP contribution in [0.15, 0.2) is 140 Å². The fourth-order valence-corrected chi connectivity index (χ4v) is 10.8. The molecule has 5 aromatic carbocycles. The summed E-state index contributed by atoms with van der Waals surface area (Å²) in [6.07, 6.45) is -5.09. The number of hydrogen-bond acceptors (Lipinski definition) is 18. The number of amides is 11. The molecule has 12 atom stereocenters. The SMILES string of the molecule is C[C@@H](O)[C@@H]1NC(=O)[C@H](CCN)NC(=O)[C@H](CCN)NC(=O)[C@H](Cc2ccc(-c3ccccc3)cc2)NC(=O)[C@@H](Cc2ccccc2)NC(=O)[C@H](CCN)NC(=O)[C@@H](NC(=O)[C@H](CCN)NC(=O)[C@@H](NC(=O)[C@H](CCN)NC(=O)c2cccc(-c3ccccc3)c2)[C@@H](C)O)CCNC1=O. The van der Waals surface area contributed by atoms with E-state index < -0.39 is 151 Å². The first-order valence-corrected chi connectivity index (χ1v) is 32.6. The average molecular weight is 1350 g/mol. The van der Waals surface area contributed by atoms with E-state index in [0.29, 0.717) is 11.1 Å². The molecule has 29 nitrogen and oxygen atoms in total. The van der Waals surface area contributed by atoms with Crippen LogP contribution < -0.4 is 87.2 Å². The molecule has 0 radical (unpaired) electrons. The van der Waals surface area contributed by atoms with Gasteiger partial charge in [0.05, 0.1) is 12.2 Å². The van der Waals surface area contributed by atoms with Gasteiger partial charge in [0, 0.05) is 24.9 Å². The molecule has 5 aromatic rings. The van der Waals surface area contributed by atoms with Gasteiger partial charge in [-0.3, -0.25) is 52.7 Å². The lowest BCUT2D eigenvalue weighted by Gasteiger charge is -2.28. The largest absolute Gasteiger partial charge is 0.391 e. The number of aliphatic hydroxyl groups is 2. The van der Waals surface area contributed by atoms with Gasteiger partial charge >= 0.3 is 0 Å². The van der Waals surface area contributed by atoms with E-state index in [4.69, 9.17) is 28.7 Å². The molecular weight excluding hydrogens is 1260 g/mol. The van der Waals surface area contributed by atoms with E-state index in [1.54, 1.807) is 60.7 Å². The monoisotopic (exact) mass is 1350 g/mol. The topological polar surface area (TPSA) is 491 Å². The van der Waals surface area contributed by atoms with Crippen molar-refractivity contribution in [3.8, 4) is 22.3 Å². The molecule has 0 spiro atoms. The maximum absolute atomic E-state index is 14.9. The van der Waals surface area contributed by atoms with Crippen molar-refractivity contribution < 1.29 is 63.0 Å². The Labute approximate surface area is 568 Å². The van der Waals surface area contributed by atoms with Crippen LogP contribution >= 0.6 is 0 Å². The normalized spacial score (nSPS) is 20.9. The predicted octanol–water partition coefficient (Wildman–Crippen LogP) is -3.01. The Kier molecular flexibility index (Phi) is 30.9. The first-order chi connectivity index (χ1) is 47.1. The molecule has 98 heavy (non-hydrogen) atoms. The van der Waals surface area contributed by atoms with Crippen LogP contribution in [-0.4, -0.2) is 187 Å². The quantitative estimate of drug-likeness (QED) is 0.0262. The minimum absolute atomic E-state index is 0.0893. The summed E-state index contributed by atoms with van der Waals surface area (Å²) in [5.41, 5.74) is 34.4. The van der Waals surface area contributed by atoms with Crippen LogP contribution in [0.2, 0.25) is 0 Å². The zero-order chi connectivity index (χ0) is 71.3. The summed E-state index contributed by atoms with van der Waals surface area (Å²) in [6, 6.07) is 25.6. The molecule has 0 aromatic heterocycles. The lowest BCUT2D eigenvalue weighted by atomic mass is 9.99. The van der Waals surface area contributed by atoms with Crippen LogP contribution in [0.5, 0.6) is 0 Å². The van der Waals surface area contributed by atoms with Crippen molar-refractivity contribution in [1.29, 1.82) is 0 Å². The molecule has 0 aliphatic carbocycles. The fraction of sp³-hybridized carbons (Fsp3) is 0.406. The molecule has 23 N–H and O–H groups in total. The zero-order valence-corrected chi connectivity index (χ0v) is 54.9. The molecule has 29 heteroatoms. The van der Waals surface area contributed by atoms with Crippen molar-refractivity contribution in [3.05, 3.63) is 156 Å². The molecule has 1 aliphatic rings. The Morgan fingerprint density at radius 3 is 1.37 bits per heavy atom. The van der Waals surface area contributed by atoms with E-state index in [1.807, 2.05) is 78.9 Å². The van der Waals surface area contributed by atoms with Crippen molar-refractivity contribution in [2.75, 3.05) is 39.3 Å². The molecule has 0 saturated carbocycles. The highest BCUT2D eigenvalue weighted by atomic mass is 16.3. The maximum Gasteiger partial charge on any atom is 0.251 e. The van der Waals surface area contributed by atoms with Gasteiger partial charge in [0.2, 0.25) is 59.1 Å². The minimum atomic E-state index is -1.77. The first-order valence-electron chi connectivity index (χ1n) is 32.6. The van der Waals surface area contributed by atoms with Gasteiger partial charge in [-0.05, 0) is 131 Å². The van der Waals surface area contributed by atoms with Gasteiger partial charge in [-0.15, -0.1) is 0 Å². The van der Waals surface area contributed by atoms with Crippen LogP contribution in [0.3, 0.4) is 0 Å².